The molecule has 0 saturated heterocycles. The summed E-state index contributed by atoms with van der Waals surface area (Å²) in [5.41, 5.74) is 19.3. The molecule has 1 atom stereocenters. The van der Waals surface area contributed by atoms with Gasteiger partial charge in [0.1, 0.15) is 17.0 Å². The Bertz CT molecular complexity index is 4140. The Morgan fingerprint density at radius 2 is 0.931 bits per heavy atom. The van der Waals surface area contributed by atoms with Gasteiger partial charge < -0.3 is 4.42 Å². The Labute approximate surface area is 416 Å². The number of para-hydroxylation sites is 3. The predicted octanol–water partition coefficient (Wildman–Crippen LogP) is 16.3. The average molecular weight is 922 g/mol. The van der Waals surface area contributed by atoms with Gasteiger partial charge in [-0.1, -0.05) is 206 Å². The maximum absolute atomic E-state index is 9.50. The number of aryl methyl sites for hydroxylation is 1. The van der Waals surface area contributed by atoms with Crippen molar-refractivity contribution in [1.29, 1.82) is 5.41 Å². The number of furan rings is 1. The van der Waals surface area contributed by atoms with Crippen molar-refractivity contribution in [2.75, 3.05) is 4.90 Å². The molecule has 0 radical (unpaired) electrons. The quantitative estimate of drug-likeness (QED) is 0.127. The maximum Gasteiger partial charge on any atom is 0.167 e. The fraction of sp³-hybridized carbons (Fsp3) is 0.0303. The minimum atomic E-state index is -0.631. The highest BCUT2D eigenvalue weighted by atomic mass is 16.3. The SMILES string of the molecule is Cc1ccccc1N(C(=N)c1ccccc1)c1ccc(-c2cccc3c2-c2ccccc2C32c3ccccc3-c3c(-c4nc(-c5ccccc5)nc(-c5cccc6c5oc5ccccc56)n4)cccc32)cc1. The summed E-state index contributed by atoms with van der Waals surface area (Å²) < 4.78 is 6.57. The Morgan fingerprint density at radius 1 is 0.417 bits per heavy atom. The molecule has 2 aromatic heterocycles. The van der Waals surface area contributed by atoms with E-state index in [4.69, 9.17) is 19.4 Å². The topological polar surface area (TPSA) is 78.9 Å². The van der Waals surface area contributed by atoms with Gasteiger partial charge in [-0.3, -0.25) is 10.3 Å². The Kier molecular flexibility index (Phi) is 9.38. The number of nitrogens with one attached hydrogen (secondary N) is 1. The van der Waals surface area contributed by atoms with E-state index in [1.54, 1.807) is 0 Å². The highest BCUT2D eigenvalue weighted by Gasteiger charge is 2.52. The zero-order chi connectivity index (χ0) is 47.9. The lowest BCUT2D eigenvalue weighted by atomic mass is 9.70. The van der Waals surface area contributed by atoms with Crippen LogP contribution in [-0.4, -0.2) is 20.8 Å². The molecular weight excluding hydrogens is 879 g/mol. The number of fused-ring (bicyclic) bond motifs is 13. The van der Waals surface area contributed by atoms with Crippen LogP contribution in [0.4, 0.5) is 11.4 Å². The van der Waals surface area contributed by atoms with E-state index in [0.29, 0.717) is 23.3 Å². The molecule has 2 aliphatic rings. The normalized spacial score (nSPS) is 14.0. The van der Waals surface area contributed by atoms with Crippen molar-refractivity contribution >= 4 is 39.1 Å². The molecule has 0 saturated carbocycles. The number of benzene rings is 10. The van der Waals surface area contributed by atoms with Crippen molar-refractivity contribution < 1.29 is 4.42 Å². The summed E-state index contributed by atoms with van der Waals surface area (Å²) in [6.07, 6.45) is 0. The van der Waals surface area contributed by atoms with Crippen LogP contribution in [0.3, 0.4) is 0 Å². The third-order valence-electron chi connectivity index (χ3n) is 14.8. The van der Waals surface area contributed by atoms with E-state index in [0.717, 1.165) is 83.4 Å². The van der Waals surface area contributed by atoms with Crippen LogP contribution in [0, 0.1) is 12.3 Å². The van der Waals surface area contributed by atoms with Gasteiger partial charge in [0.2, 0.25) is 0 Å². The van der Waals surface area contributed by atoms with E-state index >= 15 is 0 Å². The van der Waals surface area contributed by atoms with Gasteiger partial charge in [-0.15, -0.1) is 0 Å². The first-order valence-corrected chi connectivity index (χ1v) is 24.4. The predicted molar refractivity (Wildman–Crippen MR) is 292 cm³/mol. The maximum atomic E-state index is 9.50. The van der Waals surface area contributed by atoms with Crippen molar-refractivity contribution in [3.8, 4) is 67.5 Å². The molecule has 72 heavy (non-hydrogen) atoms. The second kappa shape index (κ2) is 16.3. The Morgan fingerprint density at radius 3 is 1.65 bits per heavy atom. The number of hydrogen-bond acceptors (Lipinski definition) is 5. The molecule has 10 aromatic carbocycles. The lowest BCUT2D eigenvalue weighted by molar-refractivity contribution is 0.669. The third kappa shape index (κ3) is 6.15. The van der Waals surface area contributed by atoms with Crippen molar-refractivity contribution in [1.82, 2.24) is 15.0 Å². The minimum absolute atomic E-state index is 0.417. The molecule has 1 spiro atoms. The number of hydrogen-bond donors (Lipinski definition) is 1. The van der Waals surface area contributed by atoms with Crippen LogP contribution in [-0.2, 0) is 5.41 Å². The zero-order valence-corrected chi connectivity index (χ0v) is 39.2. The van der Waals surface area contributed by atoms with Gasteiger partial charge in [0.25, 0.3) is 0 Å². The summed E-state index contributed by atoms with van der Waals surface area (Å²) in [5.74, 6) is 2.15. The third-order valence-corrected chi connectivity index (χ3v) is 14.8. The van der Waals surface area contributed by atoms with Crippen LogP contribution in [0.2, 0.25) is 0 Å². The Balaban J connectivity index is 0.952. The summed E-state index contributed by atoms with van der Waals surface area (Å²) in [6.45, 7) is 2.10. The average Bonchev–Trinajstić information content (AvgIpc) is 4.09. The summed E-state index contributed by atoms with van der Waals surface area (Å²) >= 11 is 0. The molecule has 0 amide bonds. The number of amidine groups is 1. The molecule has 2 heterocycles. The number of anilines is 2. The number of rotatable bonds is 7. The van der Waals surface area contributed by atoms with Crippen molar-refractivity contribution in [2.24, 2.45) is 0 Å². The van der Waals surface area contributed by atoms with Crippen LogP contribution in [0.5, 0.6) is 0 Å². The lowest BCUT2D eigenvalue weighted by Crippen LogP contribution is -2.26. The Hall–Kier alpha value is -9.52. The highest BCUT2D eigenvalue weighted by molar-refractivity contribution is 6.13. The van der Waals surface area contributed by atoms with Crippen LogP contribution in [0.1, 0.15) is 33.4 Å². The van der Waals surface area contributed by atoms with E-state index in [2.05, 4.69) is 163 Å². The zero-order valence-electron chi connectivity index (χ0n) is 39.2. The van der Waals surface area contributed by atoms with Gasteiger partial charge in [-0.2, -0.15) is 0 Å². The van der Waals surface area contributed by atoms with E-state index in [9.17, 15) is 5.41 Å². The first-order valence-electron chi connectivity index (χ1n) is 24.4. The molecule has 6 nitrogen and oxygen atoms in total. The fourth-order valence-electron chi connectivity index (χ4n) is 11.6. The molecule has 0 bridgehead atoms. The van der Waals surface area contributed by atoms with Gasteiger partial charge >= 0.3 is 0 Å². The summed E-state index contributed by atoms with van der Waals surface area (Å²) in [5, 5.41) is 11.6. The molecule has 12 aromatic rings. The van der Waals surface area contributed by atoms with Gasteiger partial charge in [-0.25, -0.2) is 15.0 Å². The largest absolute Gasteiger partial charge is 0.455 e. The van der Waals surface area contributed by atoms with Gasteiger partial charge in [0.05, 0.1) is 16.7 Å². The van der Waals surface area contributed by atoms with Crippen LogP contribution >= 0.6 is 0 Å². The van der Waals surface area contributed by atoms with Gasteiger partial charge in [0.15, 0.2) is 17.5 Å². The standard InChI is InChI=1S/C66H43N5O/c1-41-19-8-14-35-57(41)71(62(67)43-20-4-2-5-21-43)45-39-37-42(38-40-45)46-27-17-33-55-59(46)49-25-9-12-31-53(49)66(55)54-32-13-10-26-50(54)60-51(29-18-34-56(60)66)64-68-63(44-22-6-3-7-23-44)69-65(70-64)52-30-16-28-48-47-24-11-15-36-58(47)72-61(48)52/h2-40,67H,1H3. The number of nitrogens with zero attached hydrogens (tertiary/aromatic N) is 4. The van der Waals surface area contributed by atoms with Crippen molar-refractivity contribution in [3.63, 3.8) is 0 Å². The summed E-state index contributed by atoms with van der Waals surface area (Å²) in [6, 6.07) is 82.8. The van der Waals surface area contributed by atoms with E-state index in [-0.39, 0.29) is 0 Å². The minimum Gasteiger partial charge on any atom is -0.455 e. The molecule has 1 unspecified atom stereocenters. The van der Waals surface area contributed by atoms with Crippen LogP contribution < -0.4 is 4.90 Å². The first kappa shape index (κ1) is 41.5. The monoisotopic (exact) mass is 921 g/mol. The molecule has 14 rings (SSSR count). The molecule has 2 aliphatic carbocycles. The molecule has 0 aliphatic heterocycles. The molecule has 0 fully saturated rings. The van der Waals surface area contributed by atoms with Crippen molar-refractivity contribution in [3.05, 3.63) is 270 Å². The van der Waals surface area contributed by atoms with Crippen molar-refractivity contribution in [2.45, 2.75) is 12.3 Å². The summed E-state index contributed by atoms with van der Waals surface area (Å²) in [4.78, 5) is 18.0. The summed E-state index contributed by atoms with van der Waals surface area (Å²) in [7, 11) is 0. The van der Waals surface area contributed by atoms with Gasteiger partial charge in [0, 0.05) is 33.2 Å². The second-order valence-electron chi connectivity index (χ2n) is 18.6. The lowest BCUT2D eigenvalue weighted by Gasteiger charge is -2.30. The smallest absolute Gasteiger partial charge is 0.167 e. The number of aromatic nitrogens is 3. The van der Waals surface area contributed by atoms with E-state index < -0.39 is 5.41 Å². The van der Waals surface area contributed by atoms with E-state index in [1.807, 2.05) is 84.9 Å². The van der Waals surface area contributed by atoms with E-state index in [1.165, 1.54) is 33.4 Å². The second-order valence-corrected chi connectivity index (χ2v) is 18.6. The van der Waals surface area contributed by atoms with Gasteiger partial charge in [-0.05, 0) is 98.5 Å². The van der Waals surface area contributed by atoms with Crippen LogP contribution in [0.25, 0.3) is 89.5 Å². The molecule has 6 heteroatoms. The van der Waals surface area contributed by atoms with Crippen LogP contribution in [0.15, 0.2) is 241 Å². The molecule has 1 N–H and O–H groups in total. The highest BCUT2D eigenvalue weighted by Crippen LogP contribution is 2.65. The molecule has 338 valence electrons. The molecular formula is C66H43N5O. The fourth-order valence-corrected chi connectivity index (χ4v) is 11.6. The first-order chi connectivity index (χ1) is 35.6.